The smallest absolute Gasteiger partial charge is 0.314 e. The van der Waals surface area contributed by atoms with Gasteiger partial charge in [0.05, 0.1) is 24.9 Å². The average Bonchev–Trinajstić information content (AvgIpc) is 2.10. The Hall–Kier alpha value is -0.610. The molecule has 1 unspecified atom stereocenters. The summed E-state index contributed by atoms with van der Waals surface area (Å²) in [5.74, 6) is -0.891. The first-order chi connectivity index (χ1) is 7.07. The molecule has 0 rings (SSSR count). The zero-order chi connectivity index (χ0) is 13.0. The predicted octanol–water partition coefficient (Wildman–Crippen LogP) is 2.32. The van der Waals surface area contributed by atoms with Crippen molar-refractivity contribution in [3.8, 4) is 0 Å². The van der Waals surface area contributed by atoms with E-state index < -0.39 is 11.4 Å². The summed E-state index contributed by atoms with van der Waals surface area (Å²) in [6.07, 6.45) is 0.0216. The Bertz CT molecular complexity index is 230. The molecule has 0 saturated heterocycles. The van der Waals surface area contributed by atoms with E-state index in [2.05, 4.69) is 0 Å². The molecule has 1 N–H and O–H groups in total. The second-order valence-corrected chi connectivity index (χ2v) is 5.63. The van der Waals surface area contributed by atoms with Gasteiger partial charge >= 0.3 is 5.97 Å². The van der Waals surface area contributed by atoms with E-state index in [4.69, 9.17) is 9.47 Å². The van der Waals surface area contributed by atoms with Gasteiger partial charge in [-0.25, -0.2) is 0 Å². The van der Waals surface area contributed by atoms with E-state index in [0.29, 0.717) is 0 Å². The lowest BCUT2D eigenvalue weighted by Crippen LogP contribution is -2.40. The second-order valence-electron chi connectivity index (χ2n) is 5.63. The van der Waals surface area contributed by atoms with Gasteiger partial charge in [0.25, 0.3) is 0 Å². The molecule has 0 aliphatic rings. The third-order valence-corrected chi connectivity index (χ3v) is 2.08. The molecule has 0 amide bonds. The first-order valence-corrected chi connectivity index (χ1v) is 5.56. The normalized spacial score (nSPS) is 16.2. The summed E-state index contributed by atoms with van der Waals surface area (Å²) >= 11 is 0. The molecule has 0 aromatic rings. The highest BCUT2D eigenvalue weighted by Crippen LogP contribution is 2.22. The van der Waals surface area contributed by atoms with Crippen molar-refractivity contribution in [3.63, 3.8) is 0 Å². The Balaban J connectivity index is 4.40. The van der Waals surface area contributed by atoms with Crippen LogP contribution in [0.5, 0.6) is 0 Å². The van der Waals surface area contributed by atoms with E-state index in [-0.39, 0.29) is 24.9 Å². The highest BCUT2D eigenvalue weighted by Gasteiger charge is 2.35. The van der Waals surface area contributed by atoms with E-state index in [0.717, 1.165) is 0 Å². The number of ether oxygens (including phenoxy) is 2. The number of hydrogen-bond donors (Lipinski definition) is 1. The molecule has 0 aromatic heterocycles. The van der Waals surface area contributed by atoms with Gasteiger partial charge in [-0.3, -0.25) is 4.79 Å². The number of rotatable bonds is 6. The van der Waals surface area contributed by atoms with Crippen molar-refractivity contribution in [2.24, 2.45) is 5.41 Å². The molecule has 0 fully saturated rings. The van der Waals surface area contributed by atoms with Crippen LogP contribution in [0.4, 0.5) is 0 Å². The molecule has 4 heteroatoms. The Morgan fingerprint density at radius 1 is 1.19 bits per heavy atom. The minimum atomic E-state index is -0.989. The Labute approximate surface area is 97.9 Å². The minimum absolute atomic E-state index is 0.0216. The second kappa shape index (κ2) is 5.64. The summed E-state index contributed by atoms with van der Waals surface area (Å²) in [5.41, 5.74) is -1.33. The number of aliphatic carboxylic acids is 1. The van der Waals surface area contributed by atoms with Crippen LogP contribution in [0.3, 0.4) is 0 Å². The van der Waals surface area contributed by atoms with Crippen LogP contribution in [-0.4, -0.2) is 36.0 Å². The maximum Gasteiger partial charge on any atom is 0.314 e. The van der Waals surface area contributed by atoms with Crippen LogP contribution in [0, 0.1) is 5.41 Å². The van der Waals surface area contributed by atoms with Crippen LogP contribution in [0.15, 0.2) is 0 Å². The van der Waals surface area contributed by atoms with Gasteiger partial charge in [-0.1, -0.05) is 0 Å². The van der Waals surface area contributed by atoms with E-state index >= 15 is 0 Å². The molecule has 0 aromatic carbocycles. The topological polar surface area (TPSA) is 55.8 Å². The van der Waals surface area contributed by atoms with E-state index in [1.807, 2.05) is 34.6 Å². The molecule has 0 heterocycles. The maximum atomic E-state index is 11.2. The lowest BCUT2D eigenvalue weighted by Gasteiger charge is -2.29. The average molecular weight is 232 g/mol. The molecule has 0 radical (unpaired) electrons. The van der Waals surface area contributed by atoms with E-state index in [1.165, 1.54) is 0 Å². The molecule has 0 spiro atoms. The van der Waals surface area contributed by atoms with Crippen LogP contribution >= 0.6 is 0 Å². The standard InChI is InChI=1S/C12H24O4/c1-9(2)15-7-12(6,10(13)14)8-16-11(3,4)5/h9H,7-8H2,1-6H3,(H,13,14). The summed E-state index contributed by atoms with van der Waals surface area (Å²) in [6.45, 7) is 11.4. The first kappa shape index (κ1) is 15.4. The van der Waals surface area contributed by atoms with Crippen molar-refractivity contribution in [3.05, 3.63) is 0 Å². The Morgan fingerprint density at radius 2 is 1.69 bits per heavy atom. The van der Waals surface area contributed by atoms with E-state index in [9.17, 15) is 9.90 Å². The summed E-state index contributed by atoms with van der Waals surface area (Å²) < 4.78 is 10.9. The molecule has 4 nitrogen and oxygen atoms in total. The van der Waals surface area contributed by atoms with Crippen molar-refractivity contribution in [1.82, 2.24) is 0 Å². The summed E-state index contributed by atoms with van der Waals surface area (Å²) in [5, 5.41) is 9.18. The van der Waals surface area contributed by atoms with Crippen LogP contribution in [0.1, 0.15) is 41.5 Å². The number of carboxylic acid groups (broad SMARTS) is 1. The molecule has 1 atom stereocenters. The zero-order valence-corrected chi connectivity index (χ0v) is 11.2. The van der Waals surface area contributed by atoms with E-state index in [1.54, 1.807) is 6.92 Å². The van der Waals surface area contributed by atoms with Crippen molar-refractivity contribution in [2.75, 3.05) is 13.2 Å². The summed E-state index contributed by atoms with van der Waals surface area (Å²) in [7, 11) is 0. The maximum absolute atomic E-state index is 11.2. The molecular formula is C12H24O4. The van der Waals surface area contributed by atoms with Gasteiger partial charge in [0.1, 0.15) is 5.41 Å². The van der Waals surface area contributed by atoms with Gasteiger partial charge in [0.2, 0.25) is 0 Å². The van der Waals surface area contributed by atoms with Gasteiger partial charge in [0, 0.05) is 0 Å². The first-order valence-electron chi connectivity index (χ1n) is 5.56. The van der Waals surface area contributed by atoms with Crippen LogP contribution in [-0.2, 0) is 14.3 Å². The molecule has 16 heavy (non-hydrogen) atoms. The highest BCUT2D eigenvalue weighted by atomic mass is 16.5. The van der Waals surface area contributed by atoms with Gasteiger partial charge in [-0.15, -0.1) is 0 Å². The van der Waals surface area contributed by atoms with Crippen molar-refractivity contribution >= 4 is 5.97 Å². The quantitative estimate of drug-likeness (QED) is 0.763. The SMILES string of the molecule is CC(C)OCC(C)(COC(C)(C)C)C(=O)O. The highest BCUT2D eigenvalue weighted by molar-refractivity contribution is 5.74. The van der Waals surface area contributed by atoms with Crippen LogP contribution in [0.2, 0.25) is 0 Å². The van der Waals surface area contributed by atoms with Crippen LogP contribution < -0.4 is 0 Å². The Morgan fingerprint density at radius 3 is 2.00 bits per heavy atom. The number of carbonyl (C=O) groups is 1. The van der Waals surface area contributed by atoms with Crippen molar-refractivity contribution in [2.45, 2.75) is 53.2 Å². The molecular weight excluding hydrogens is 208 g/mol. The third-order valence-electron chi connectivity index (χ3n) is 2.08. The third kappa shape index (κ3) is 6.08. The largest absolute Gasteiger partial charge is 0.481 e. The summed E-state index contributed by atoms with van der Waals surface area (Å²) in [6, 6.07) is 0. The lowest BCUT2D eigenvalue weighted by molar-refractivity contribution is -0.162. The van der Waals surface area contributed by atoms with Gasteiger partial charge < -0.3 is 14.6 Å². The van der Waals surface area contributed by atoms with Crippen LogP contribution in [0.25, 0.3) is 0 Å². The molecule has 0 bridgehead atoms. The zero-order valence-electron chi connectivity index (χ0n) is 11.2. The molecule has 0 saturated carbocycles. The Kier molecular flexibility index (Phi) is 5.42. The minimum Gasteiger partial charge on any atom is -0.481 e. The fourth-order valence-electron chi connectivity index (χ4n) is 0.892. The predicted molar refractivity (Wildman–Crippen MR) is 62.5 cm³/mol. The molecule has 96 valence electrons. The van der Waals surface area contributed by atoms with Gasteiger partial charge in [-0.05, 0) is 41.5 Å². The number of hydrogen-bond acceptors (Lipinski definition) is 3. The lowest BCUT2D eigenvalue weighted by atomic mass is 9.93. The van der Waals surface area contributed by atoms with Crippen molar-refractivity contribution in [1.29, 1.82) is 0 Å². The van der Waals surface area contributed by atoms with Gasteiger partial charge in [-0.2, -0.15) is 0 Å². The fourth-order valence-corrected chi connectivity index (χ4v) is 0.892. The van der Waals surface area contributed by atoms with Gasteiger partial charge in [0.15, 0.2) is 0 Å². The van der Waals surface area contributed by atoms with Crippen molar-refractivity contribution < 1.29 is 19.4 Å². The summed E-state index contributed by atoms with van der Waals surface area (Å²) in [4.78, 5) is 11.2. The number of carboxylic acids is 1. The molecule has 0 aliphatic carbocycles. The monoisotopic (exact) mass is 232 g/mol. The fraction of sp³-hybridized carbons (Fsp3) is 0.917. The molecule has 0 aliphatic heterocycles.